The zero-order valence-electron chi connectivity index (χ0n) is 13.3. The molecule has 2 aromatic rings. The molecule has 1 N–H and O–H groups in total. The molecule has 0 fully saturated rings. The van der Waals surface area contributed by atoms with Crippen LogP contribution in [0.5, 0.6) is 0 Å². The Kier molecular flexibility index (Phi) is 6.44. The Morgan fingerprint density at radius 3 is 2.57 bits per heavy atom. The van der Waals surface area contributed by atoms with E-state index in [2.05, 4.69) is 40.3 Å². The summed E-state index contributed by atoms with van der Waals surface area (Å²) in [6, 6.07) is 2.10. The van der Waals surface area contributed by atoms with Crippen LogP contribution in [0, 0.1) is 0 Å². The molecule has 2 rings (SSSR count). The lowest BCUT2D eigenvalue weighted by atomic mass is 10.1. The van der Waals surface area contributed by atoms with Crippen molar-refractivity contribution in [1.29, 1.82) is 0 Å². The average molecular weight is 289 g/mol. The number of aryl methyl sites for hydroxylation is 1. The van der Waals surface area contributed by atoms with Crippen LogP contribution < -0.4 is 5.32 Å². The summed E-state index contributed by atoms with van der Waals surface area (Å²) in [6.07, 6.45) is 11.9. The summed E-state index contributed by atoms with van der Waals surface area (Å²) in [7, 11) is 0. The van der Waals surface area contributed by atoms with E-state index >= 15 is 0 Å². The van der Waals surface area contributed by atoms with Crippen molar-refractivity contribution < 1.29 is 0 Å². The van der Waals surface area contributed by atoms with Crippen molar-refractivity contribution in [3.8, 4) is 0 Å². The highest BCUT2D eigenvalue weighted by atomic mass is 15.3. The second-order valence-corrected chi connectivity index (χ2v) is 5.51. The van der Waals surface area contributed by atoms with Crippen molar-refractivity contribution in [1.82, 2.24) is 19.6 Å². The predicted octanol–water partition coefficient (Wildman–Crippen LogP) is 3.85. The van der Waals surface area contributed by atoms with Gasteiger partial charge >= 0.3 is 0 Å². The van der Waals surface area contributed by atoms with Gasteiger partial charge in [0.1, 0.15) is 12.1 Å². The lowest BCUT2D eigenvalue weighted by Gasteiger charge is -2.08. The summed E-state index contributed by atoms with van der Waals surface area (Å²) in [6.45, 7) is 5.21. The molecule has 2 aromatic heterocycles. The Hall–Kier alpha value is -1.65. The van der Waals surface area contributed by atoms with Gasteiger partial charge in [-0.15, -0.1) is 0 Å². The summed E-state index contributed by atoms with van der Waals surface area (Å²) >= 11 is 0. The fourth-order valence-electron chi connectivity index (χ4n) is 2.56. The molecule has 0 spiro atoms. The van der Waals surface area contributed by atoms with Gasteiger partial charge in [0.05, 0.1) is 0 Å². The normalized spacial score (nSPS) is 11.1. The Balaban J connectivity index is 1.84. The highest BCUT2D eigenvalue weighted by Crippen LogP contribution is 2.14. The van der Waals surface area contributed by atoms with E-state index in [1.165, 1.54) is 44.9 Å². The van der Waals surface area contributed by atoms with Crippen molar-refractivity contribution in [3.05, 3.63) is 18.1 Å². The minimum atomic E-state index is 0.686. The second kappa shape index (κ2) is 8.60. The molecule has 116 valence electrons. The summed E-state index contributed by atoms with van der Waals surface area (Å²) in [4.78, 5) is 8.78. The lowest BCUT2D eigenvalue weighted by molar-refractivity contribution is 0.587. The van der Waals surface area contributed by atoms with E-state index in [0.717, 1.165) is 24.5 Å². The number of fused-ring (bicyclic) bond motifs is 1. The van der Waals surface area contributed by atoms with Crippen LogP contribution in [-0.4, -0.2) is 26.1 Å². The van der Waals surface area contributed by atoms with E-state index < -0.39 is 0 Å². The van der Waals surface area contributed by atoms with Gasteiger partial charge in [-0.25, -0.2) is 4.98 Å². The highest BCUT2D eigenvalue weighted by molar-refractivity contribution is 5.44. The van der Waals surface area contributed by atoms with Gasteiger partial charge in [0.25, 0.3) is 5.78 Å². The Morgan fingerprint density at radius 2 is 1.81 bits per heavy atom. The molecule has 5 nitrogen and oxygen atoms in total. The van der Waals surface area contributed by atoms with Gasteiger partial charge in [0.2, 0.25) is 0 Å². The number of anilines is 1. The molecule has 0 aliphatic carbocycles. The maximum absolute atomic E-state index is 4.57. The van der Waals surface area contributed by atoms with Gasteiger partial charge in [0.15, 0.2) is 0 Å². The van der Waals surface area contributed by atoms with Crippen LogP contribution in [-0.2, 0) is 6.42 Å². The van der Waals surface area contributed by atoms with E-state index in [9.17, 15) is 0 Å². The average Bonchev–Trinajstić information content (AvgIpc) is 2.95. The zero-order chi connectivity index (χ0) is 14.9. The monoisotopic (exact) mass is 289 g/mol. The Labute approximate surface area is 127 Å². The van der Waals surface area contributed by atoms with Gasteiger partial charge in [-0.3, -0.25) is 0 Å². The van der Waals surface area contributed by atoms with Crippen molar-refractivity contribution in [2.24, 2.45) is 0 Å². The maximum atomic E-state index is 4.57. The molecule has 21 heavy (non-hydrogen) atoms. The number of nitrogens with one attached hydrogen (secondary N) is 1. The van der Waals surface area contributed by atoms with Crippen LogP contribution in [0.1, 0.15) is 64.5 Å². The first-order valence-electron chi connectivity index (χ1n) is 8.28. The van der Waals surface area contributed by atoms with Gasteiger partial charge < -0.3 is 5.32 Å². The highest BCUT2D eigenvalue weighted by Gasteiger charge is 2.06. The SMILES string of the molecule is CCCCCCCCCc1cc(NCC)n2ncnc2n1. The first-order valence-corrected chi connectivity index (χ1v) is 8.28. The number of hydrogen-bond acceptors (Lipinski definition) is 4. The Morgan fingerprint density at radius 1 is 1.05 bits per heavy atom. The number of rotatable bonds is 10. The van der Waals surface area contributed by atoms with E-state index in [-0.39, 0.29) is 0 Å². The van der Waals surface area contributed by atoms with Crippen molar-refractivity contribution in [2.45, 2.75) is 65.2 Å². The Bertz CT molecular complexity index is 534. The minimum Gasteiger partial charge on any atom is -0.370 e. The van der Waals surface area contributed by atoms with Crippen LogP contribution >= 0.6 is 0 Å². The van der Waals surface area contributed by atoms with Crippen LogP contribution in [0.2, 0.25) is 0 Å². The molecule has 0 saturated heterocycles. The van der Waals surface area contributed by atoms with E-state index in [0.29, 0.717) is 5.78 Å². The third-order valence-corrected chi connectivity index (χ3v) is 3.70. The third kappa shape index (κ3) is 4.69. The van der Waals surface area contributed by atoms with Gasteiger partial charge in [-0.05, 0) is 19.8 Å². The fraction of sp³-hybridized carbons (Fsp3) is 0.688. The van der Waals surface area contributed by atoms with Crippen LogP contribution in [0.3, 0.4) is 0 Å². The summed E-state index contributed by atoms with van der Waals surface area (Å²) < 4.78 is 1.76. The van der Waals surface area contributed by atoms with Crippen LogP contribution in [0.4, 0.5) is 5.82 Å². The quantitative estimate of drug-likeness (QED) is 0.675. The lowest BCUT2D eigenvalue weighted by Crippen LogP contribution is -2.07. The number of hydrogen-bond donors (Lipinski definition) is 1. The van der Waals surface area contributed by atoms with Crippen molar-refractivity contribution in [3.63, 3.8) is 0 Å². The molecule has 2 heterocycles. The molecule has 0 amide bonds. The zero-order valence-corrected chi connectivity index (χ0v) is 13.3. The molecular formula is C16H27N5. The number of unbranched alkanes of at least 4 members (excludes halogenated alkanes) is 6. The number of nitrogens with zero attached hydrogens (tertiary/aromatic N) is 4. The van der Waals surface area contributed by atoms with Crippen LogP contribution in [0.15, 0.2) is 12.4 Å². The van der Waals surface area contributed by atoms with E-state index in [1.807, 2.05) is 0 Å². The fourth-order valence-corrected chi connectivity index (χ4v) is 2.56. The first-order chi connectivity index (χ1) is 10.3. The molecule has 0 aromatic carbocycles. The molecule has 5 heteroatoms. The molecule has 0 unspecified atom stereocenters. The molecule has 0 bridgehead atoms. The molecule has 0 aliphatic heterocycles. The van der Waals surface area contributed by atoms with Crippen LogP contribution in [0.25, 0.3) is 5.78 Å². The van der Waals surface area contributed by atoms with E-state index in [1.54, 1.807) is 10.8 Å². The van der Waals surface area contributed by atoms with E-state index in [4.69, 9.17) is 0 Å². The van der Waals surface area contributed by atoms with Gasteiger partial charge in [0, 0.05) is 18.3 Å². The summed E-state index contributed by atoms with van der Waals surface area (Å²) in [5.74, 6) is 1.67. The minimum absolute atomic E-state index is 0.686. The largest absolute Gasteiger partial charge is 0.370 e. The smallest absolute Gasteiger partial charge is 0.254 e. The van der Waals surface area contributed by atoms with Gasteiger partial charge in [-0.1, -0.05) is 45.4 Å². The summed E-state index contributed by atoms with van der Waals surface area (Å²) in [5.41, 5.74) is 1.11. The van der Waals surface area contributed by atoms with Crippen molar-refractivity contribution in [2.75, 3.05) is 11.9 Å². The number of aromatic nitrogens is 4. The standard InChI is InChI=1S/C16H27N5/c1-3-5-6-7-8-9-10-11-14-12-15(17-4-2)21-16(20-14)18-13-19-21/h12-13,17H,3-11H2,1-2H3. The third-order valence-electron chi connectivity index (χ3n) is 3.70. The second-order valence-electron chi connectivity index (χ2n) is 5.51. The van der Waals surface area contributed by atoms with Gasteiger partial charge in [-0.2, -0.15) is 14.6 Å². The molecule has 0 radical (unpaired) electrons. The topological polar surface area (TPSA) is 55.1 Å². The molecular weight excluding hydrogens is 262 g/mol. The molecule has 0 saturated carbocycles. The molecule has 0 atom stereocenters. The summed E-state index contributed by atoms with van der Waals surface area (Å²) in [5, 5.41) is 7.52. The first kappa shape index (κ1) is 15.7. The molecule has 0 aliphatic rings. The predicted molar refractivity (Wildman–Crippen MR) is 86.6 cm³/mol. The maximum Gasteiger partial charge on any atom is 0.254 e. The van der Waals surface area contributed by atoms with Crippen molar-refractivity contribution >= 4 is 11.6 Å².